The Morgan fingerprint density at radius 1 is 0.855 bits per heavy atom. The minimum absolute atomic E-state index is 0.128. The van der Waals surface area contributed by atoms with Crippen LogP contribution in [-0.4, -0.2) is 68.5 Å². The fourth-order valence-corrected chi connectivity index (χ4v) is 7.47. The van der Waals surface area contributed by atoms with Crippen molar-refractivity contribution in [2.24, 2.45) is 11.3 Å². The van der Waals surface area contributed by atoms with E-state index in [9.17, 15) is 19.2 Å². The van der Waals surface area contributed by atoms with Gasteiger partial charge in [-0.1, -0.05) is 107 Å². The van der Waals surface area contributed by atoms with E-state index < -0.39 is 53.0 Å². The molecule has 3 N–H and O–H groups in total. The Hall–Kier alpha value is -5.19. The second-order valence-corrected chi connectivity index (χ2v) is 17.1. The highest BCUT2D eigenvalue weighted by Gasteiger charge is 2.44. The van der Waals surface area contributed by atoms with Gasteiger partial charge in [-0.05, 0) is 73.8 Å². The van der Waals surface area contributed by atoms with Crippen molar-refractivity contribution in [1.82, 2.24) is 30.4 Å². The van der Waals surface area contributed by atoms with Crippen molar-refractivity contribution >= 4 is 34.6 Å². The number of nitrogens with one attached hydrogen (secondary N) is 3. The number of hydrogen-bond donors (Lipinski definition) is 3. The monoisotopic (exact) mass is 750 g/mol. The molecule has 0 aliphatic carbocycles. The van der Waals surface area contributed by atoms with Crippen molar-refractivity contribution in [2.45, 2.75) is 117 Å². The highest BCUT2D eigenvalue weighted by molar-refractivity contribution is 5.95. The third-order valence-electron chi connectivity index (χ3n) is 10.1. The Labute approximate surface area is 325 Å². The minimum Gasteiger partial charge on any atom is -0.444 e. The molecule has 1 aliphatic heterocycles. The van der Waals surface area contributed by atoms with E-state index in [-0.39, 0.29) is 17.9 Å². The summed E-state index contributed by atoms with van der Waals surface area (Å²) in [5.41, 5.74) is 1.28. The number of ether oxygens (including phenoxy) is 1. The van der Waals surface area contributed by atoms with Crippen LogP contribution in [-0.2, 0) is 25.7 Å². The molecule has 0 bridgehead atoms. The summed E-state index contributed by atoms with van der Waals surface area (Å²) in [7, 11) is 0. The number of aromatic nitrogens is 2. The SMILES string of the molecule is CC(C)[C@H](c1cn(Cc2ccccc2)cn1)[C@H](NC(=O)OC(C)(C)C)C(=O)N1CCC[C@H]1C(=O)N[C@H](C(=O)N[C@@H](C)c1cccc2ccccc12)C(C)(C)C. The van der Waals surface area contributed by atoms with Gasteiger partial charge in [-0.25, -0.2) is 9.78 Å². The molecule has 2 heterocycles. The summed E-state index contributed by atoms with van der Waals surface area (Å²) >= 11 is 0. The molecule has 4 aromatic rings. The maximum absolute atomic E-state index is 14.8. The Bertz CT molecular complexity index is 1950. The molecule has 1 saturated heterocycles. The van der Waals surface area contributed by atoms with Gasteiger partial charge < -0.3 is 30.2 Å². The number of fused-ring (bicyclic) bond motifs is 1. The number of amides is 4. The summed E-state index contributed by atoms with van der Waals surface area (Å²) in [5.74, 6) is -1.79. The van der Waals surface area contributed by atoms with Crippen molar-refractivity contribution in [2.75, 3.05) is 6.54 Å². The van der Waals surface area contributed by atoms with Crippen LogP contribution < -0.4 is 16.0 Å². The second-order valence-electron chi connectivity index (χ2n) is 17.1. The molecule has 1 fully saturated rings. The summed E-state index contributed by atoms with van der Waals surface area (Å²) in [6.07, 6.45) is 3.92. The summed E-state index contributed by atoms with van der Waals surface area (Å²) in [6, 6.07) is 20.9. The van der Waals surface area contributed by atoms with Crippen LogP contribution in [0, 0.1) is 11.3 Å². The molecular formula is C44H58N6O5. The fraction of sp³-hybridized carbons (Fsp3) is 0.477. The molecule has 5 rings (SSSR count). The zero-order valence-electron chi connectivity index (χ0n) is 33.8. The number of alkyl carbamates (subject to hydrolysis) is 1. The van der Waals surface area contributed by atoms with Crippen molar-refractivity contribution in [3.8, 4) is 0 Å². The smallest absolute Gasteiger partial charge is 0.408 e. The second kappa shape index (κ2) is 17.1. The van der Waals surface area contributed by atoms with Crippen molar-refractivity contribution in [3.63, 3.8) is 0 Å². The standard InChI is InChI=1S/C44H58N6O5/c1-28(2)36(34-26-49(27-45-34)25-30-17-11-10-12-18-30)37(47-42(54)55-44(7,8)9)41(53)50-24-16-23-35(50)39(51)48-38(43(4,5)6)40(52)46-29(3)32-22-15-20-31-19-13-14-21-33(31)32/h10-15,17-22,26-29,35-38H,16,23-25H2,1-9H3,(H,46,52)(H,47,54)(H,48,51)/t29-,35-,36+,37-,38+/m0/s1. The molecule has 0 spiro atoms. The molecule has 0 radical (unpaired) electrons. The van der Waals surface area contributed by atoms with Crippen molar-refractivity contribution < 1.29 is 23.9 Å². The van der Waals surface area contributed by atoms with Gasteiger partial charge >= 0.3 is 6.09 Å². The predicted molar refractivity (Wildman–Crippen MR) is 215 cm³/mol. The number of benzene rings is 3. The molecule has 11 nitrogen and oxygen atoms in total. The maximum atomic E-state index is 14.8. The predicted octanol–water partition coefficient (Wildman–Crippen LogP) is 7.12. The van der Waals surface area contributed by atoms with E-state index in [2.05, 4.69) is 16.0 Å². The zero-order valence-corrected chi connectivity index (χ0v) is 33.8. The zero-order chi connectivity index (χ0) is 40.1. The molecule has 1 aromatic heterocycles. The van der Waals surface area contributed by atoms with Crippen LogP contribution in [0.1, 0.15) is 104 Å². The molecule has 5 atom stereocenters. The summed E-state index contributed by atoms with van der Waals surface area (Å²) in [6.45, 7) is 17.8. The molecule has 294 valence electrons. The van der Waals surface area contributed by atoms with E-state index in [1.54, 1.807) is 32.0 Å². The van der Waals surface area contributed by atoms with Crippen LogP contribution in [0.5, 0.6) is 0 Å². The molecule has 0 unspecified atom stereocenters. The number of carbonyl (C=O) groups excluding carboxylic acids is 4. The average Bonchev–Trinajstić information content (AvgIpc) is 3.79. The number of rotatable bonds is 12. The first kappa shape index (κ1) is 41.0. The molecule has 3 aromatic carbocycles. The number of likely N-dealkylation sites (tertiary alicyclic amines) is 1. The van der Waals surface area contributed by atoms with Gasteiger partial charge in [-0.15, -0.1) is 0 Å². The van der Waals surface area contributed by atoms with Crippen molar-refractivity contribution in [1.29, 1.82) is 0 Å². The number of hydrogen-bond acceptors (Lipinski definition) is 6. The Kier molecular flexibility index (Phi) is 12.7. The lowest BCUT2D eigenvalue weighted by Gasteiger charge is -2.36. The van der Waals surface area contributed by atoms with Gasteiger partial charge in [0.25, 0.3) is 0 Å². The number of imidazole rings is 1. The summed E-state index contributed by atoms with van der Waals surface area (Å²) in [4.78, 5) is 62.6. The third kappa shape index (κ3) is 10.3. The Morgan fingerprint density at radius 3 is 2.20 bits per heavy atom. The first-order chi connectivity index (χ1) is 25.9. The Balaban J connectivity index is 1.38. The third-order valence-corrected chi connectivity index (χ3v) is 10.1. The average molecular weight is 751 g/mol. The van der Waals surface area contributed by atoms with Crippen LogP contribution in [0.4, 0.5) is 4.79 Å². The summed E-state index contributed by atoms with van der Waals surface area (Å²) in [5, 5.41) is 11.2. The normalized spacial score (nSPS) is 17.0. The highest BCUT2D eigenvalue weighted by atomic mass is 16.6. The van der Waals surface area contributed by atoms with E-state index in [1.165, 1.54) is 0 Å². The van der Waals surface area contributed by atoms with E-state index in [1.807, 2.05) is 125 Å². The number of nitrogens with zero attached hydrogens (tertiary/aromatic N) is 3. The van der Waals surface area contributed by atoms with E-state index in [4.69, 9.17) is 9.72 Å². The van der Waals surface area contributed by atoms with Crippen LogP contribution in [0.15, 0.2) is 85.3 Å². The first-order valence-corrected chi connectivity index (χ1v) is 19.4. The van der Waals surface area contributed by atoms with Crippen LogP contribution >= 0.6 is 0 Å². The van der Waals surface area contributed by atoms with Gasteiger partial charge in [0.15, 0.2) is 0 Å². The molecular weight excluding hydrogens is 693 g/mol. The molecule has 1 aliphatic rings. The van der Waals surface area contributed by atoms with Gasteiger partial charge in [0.2, 0.25) is 17.7 Å². The highest BCUT2D eigenvalue weighted by Crippen LogP contribution is 2.32. The summed E-state index contributed by atoms with van der Waals surface area (Å²) < 4.78 is 7.60. The van der Waals surface area contributed by atoms with Gasteiger partial charge in [0.05, 0.1) is 18.1 Å². The Morgan fingerprint density at radius 2 is 1.53 bits per heavy atom. The molecule has 11 heteroatoms. The molecule has 0 saturated carbocycles. The van der Waals surface area contributed by atoms with E-state index in [0.717, 1.165) is 21.9 Å². The largest absolute Gasteiger partial charge is 0.444 e. The number of carbonyl (C=O) groups is 4. The van der Waals surface area contributed by atoms with Crippen LogP contribution in [0.25, 0.3) is 10.8 Å². The lowest BCUT2D eigenvalue weighted by atomic mass is 9.84. The van der Waals surface area contributed by atoms with Gasteiger partial charge in [-0.3, -0.25) is 14.4 Å². The van der Waals surface area contributed by atoms with Gasteiger partial charge in [0, 0.05) is 25.2 Å². The fourth-order valence-electron chi connectivity index (χ4n) is 7.47. The maximum Gasteiger partial charge on any atom is 0.408 e. The lowest BCUT2D eigenvalue weighted by molar-refractivity contribution is -0.142. The first-order valence-electron chi connectivity index (χ1n) is 19.4. The molecule has 55 heavy (non-hydrogen) atoms. The topological polar surface area (TPSA) is 135 Å². The van der Waals surface area contributed by atoms with Gasteiger partial charge in [-0.2, -0.15) is 0 Å². The quantitative estimate of drug-likeness (QED) is 0.141. The van der Waals surface area contributed by atoms with E-state index in [0.29, 0.717) is 31.6 Å². The van der Waals surface area contributed by atoms with Crippen molar-refractivity contribution in [3.05, 3.63) is 102 Å². The van der Waals surface area contributed by atoms with E-state index >= 15 is 0 Å². The minimum atomic E-state index is -1.08. The lowest BCUT2D eigenvalue weighted by Crippen LogP contribution is -2.60. The molecule has 4 amide bonds. The van der Waals surface area contributed by atoms with Crippen LogP contribution in [0.3, 0.4) is 0 Å². The van der Waals surface area contributed by atoms with Gasteiger partial charge in [0.1, 0.15) is 23.7 Å². The van der Waals surface area contributed by atoms with Crippen LogP contribution in [0.2, 0.25) is 0 Å².